The van der Waals surface area contributed by atoms with Gasteiger partial charge in [-0.1, -0.05) is 42.0 Å². The first-order valence-electron chi connectivity index (χ1n) is 8.57. The van der Waals surface area contributed by atoms with Gasteiger partial charge < -0.3 is 5.32 Å². The van der Waals surface area contributed by atoms with Crippen molar-refractivity contribution in [2.24, 2.45) is 0 Å². The summed E-state index contributed by atoms with van der Waals surface area (Å²) in [5.41, 5.74) is 3.68. The van der Waals surface area contributed by atoms with Crippen LogP contribution in [0.4, 0.5) is 0 Å². The van der Waals surface area contributed by atoms with Crippen LogP contribution in [0.3, 0.4) is 0 Å². The van der Waals surface area contributed by atoms with Gasteiger partial charge in [-0.3, -0.25) is 9.59 Å². The molecule has 2 aromatic carbocycles. The van der Waals surface area contributed by atoms with Crippen LogP contribution in [0.2, 0.25) is 0 Å². The SMILES string of the molecule is Cc1ccc(C(=O)CCC(=O)NCc2cccc(-n3cccn3)c2)cc1. The van der Waals surface area contributed by atoms with Gasteiger partial charge >= 0.3 is 0 Å². The summed E-state index contributed by atoms with van der Waals surface area (Å²) in [6, 6.07) is 17.1. The zero-order valence-corrected chi connectivity index (χ0v) is 14.7. The number of ketones is 1. The summed E-state index contributed by atoms with van der Waals surface area (Å²) in [7, 11) is 0. The van der Waals surface area contributed by atoms with Crippen molar-refractivity contribution in [3.8, 4) is 5.69 Å². The lowest BCUT2D eigenvalue weighted by molar-refractivity contribution is -0.121. The minimum atomic E-state index is -0.130. The van der Waals surface area contributed by atoms with Crippen LogP contribution < -0.4 is 5.32 Å². The van der Waals surface area contributed by atoms with E-state index in [4.69, 9.17) is 0 Å². The van der Waals surface area contributed by atoms with E-state index in [1.165, 1.54) is 0 Å². The molecule has 1 heterocycles. The van der Waals surface area contributed by atoms with Crippen LogP contribution in [-0.2, 0) is 11.3 Å². The molecule has 0 aliphatic rings. The molecule has 3 aromatic rings. The van der Waals surface area contributed by atoms with Crippen molar-refractivity contribution in [3.05, 3.63) is 83.7 Å². The number of hydrogen-bond donors (Lipinski definition) is 1. The molecule has 0 saturated heterocycles. The van der Waals surface area contributed by atoms with Gasteiger partial charge in [-0.25, -0.2) is 4.68 Å². The first-order chi connectivity index (χ1) is 12.6. The molecule has 3 rings (SSSR count). The Hall–Kier alpha value is -3.21. The average Bonchev–Trinajstić information content (AvgIpc) is 3.20. The third kappa shape index (κ3) is 4.66. The van der Waals surface area contributed by atoms with Gasteiger partial charge in [-0.2, -0.15) is 5.10 Å². The number of carbonyl (C=O) groups excluding carboxylic acids is 2. The standard InChI is InChI=1S/C21H21N3O2/c1-16-6-8-18(9-7-16)20(25)10-11-21(26)22-15-17-4-2-5-19(14-17)24-13-3-12-23-24/h2-9,12-14H,10-11,15H2,1H3,(H,22,26). The predicted molar refractivity (Wildman–Crippen MR) is 100 cm³/mol. The number of nitrogens with zero attached hydrogens (tertiary/aromatic N) is 2. The molecule has 5 nitrogen and oxygen atoms in total. The van der Waals surface area contributed by atoms with Crippen LogP contribution >= 0.6 is 0 Å². The van der Waals surface area contributed by atoms with Crippen molar-refractivity contribution in [2.75, 3.05) is 0 Å². The van der Waals surface area contributed by atoms with Crippen molar-refractivity contribution >= 4 is 11.7 Å². The second-order valence-electron chi connectivity index (χ2n) is 6.19. The summed E-state index contributed by atoms with van der Waals surface area (Å²) < 4.78 is 1.77. The van der Waals surface area contributed by atoms with Crippen LogP contribution in [0.5, 0.6) is 0 Å². The lowest BCUT2D eigenvalue weighted by Gasteiger charge is -2.08. The lowest BCUT2D eigenvalue weighted by atomic mass is 10.0. The maximum atomic E-state index is 12.1. The fourth-order valence-corrected chi connectivity index (χ4v) is 2.63. The Balaban J connectivity index is 1.49. The number of nitrogens with one attached hydrogen (secondary N) is 1. The molecule has 1 aromatic heterocycles. The molecule has 0 fully saturated rings. The van der Waals surface area contributed by atoms with Crippen molar-refractivity contribution in [3.63, 3.8) is 0 Å². The molecule has 132 valence electrons. The molecule has 0 bridgehead atoms. The molecule has 0 aliphatic heterocycles. The van der Waals surface area contributed by atoms with E-state index in [0.29, 0.717) is 12.1 Å². The van der Waals surface area contributed by atoms with Gasteiger partial charge in [0, 0.05) is 37.3 Å². The monoisotopic (exact) mass is 347 g/mol. The number of rotatable bonds is 7. The highest BCUT2D eigenvalue weighted by Gasteiger charge is 2.09. The van der Waals surface area contributed by atoms with Crippen molar-refractivity contribution in [1.82, 2.24) is 15.1 Å². The van der Waals surface area contributed by atoms with Gasteiger partial charge in [0.15, 0.2) is 5.78 Å². The number of aryl methyl sites for hydroxylation is 1. The number of amides is 1. The molecule has 1 N–H and O–H groups in total. The van der Waals surface area contributed by atoms with E-state index < -0.39 is 0 Å². The van der Waals surface area contributed by atoms with Crippen LogP contribution in [0.25, 0.3) is 5.69 Å². The molecule has 26 heavy (non-hydrogen) atoms. The van der Waals surface area contributed by atoms with E-state index in [-0.39, 0.29) is 24.5 Å². The molecule has 0 aliphatic carbocycles. The quantitative estimate of drug-likeness (QED) is 0.666. The van der Waals surface area contributed by atoms with Crippen LogP contribution in [0.1, 0.15) is 34.3 Å². The van der Waals surface area contributed by atoms with Crippen LogP contribution in [-0.4, -0.2) is 21.5 Å². The smallest absolute Gasteiger partial charge is 0.220 e. The minimum Gasteiger partial charge on any atom is -0.352 e. The molecule has 0 unspecified atom stereocenters. The number of carbonyl (C=O) groups is 2. The van der Waals surface area contributed by atoms with Crippen LogP contribution in [0, 0.1) is 6.92 Å². The number of Topliss-reactive ketones (excluding diaryl/α,β-unsaturated/α-hetero) is 1. The van der Waals surface area contributed by atoms with Crippen LogP contribution in [0.15, 0.2) is 67.0 Å². The maximum Gasteiger partial charge on any atom is 0.220 e. The highest BCUT2D eigenvalue weighted by molar-refractivity contribution is 5.97. The lowest BCUT2D eigenvalue weighted by Crippen LogP contribution is -2.23. The fraction of sp³-hybridized carbons (Fsp3) is 0.190. The summed E-state index contributed by atoms with van der Waals surface area (Å²) in [5.74, 6) is -0.143. The molecule has 0 radical (unpaired) electrons. The fourth-order valence-electron chi connectivity index (χ4n) is 2.63. The van der Waals surface area contributed by atoms with Gasteiger partial charge in [0.25, 0.3) is 0 Å². The van der Waals surface area contributed by atoms with Gasteiger partial charge in [-0.05, 0) is 30.7 Å². The Morgan fingerprint density at radius 2 is 1.85 bits per heavy atom. The number of benzene rings is 2. The summed E-state index contributed by atoms with van der Waals surface area (Å²) >= 11 is 0. The number of aromatic nitrogens is 2. The highest BCUT2D eigenvalue weighted by atomic mass is 16.2. The van der Waals surface area contributed by atoms with E-state index in [0.717, 1.165) is 16.8 Å². The second-order valence-corrected chi connectivity index (χ2v) is 6.19. The molecule has 1 amide bonds. The van der Waals surface area contributed by atoms with Gasteiger partial charge in [-0.15, -0.1) is 0 Å². The Morgan fingerprint density at radius 3 is 2.58 bits per heavy atom. The van der Waals surface area contributed by atoms with Crippen molar-refractivity contribution in [2.45, 2.75) is 26.3 Å². The van der Waals surface area contributed by atoms with Crippen molar-refractivity contribution in [1.29, 1.82) is 0 Å². The predicted octanol–water partition coefficient (Wildman–Crippen LogP) is 3.46. The van der Waals surface area contributed by atoms with Gasteiger partial charge in [0.05, 0.1) is 5.69 Å². The molecular weight excluding hydrogens is 326 g/mol. The third-order valence-corrected chi connectivity index (χ3v) is 4.12. The summed E-state index contributed by atoms with van der Waals surface area (Å²) in [6.45, 7) is 2.40. The van der Waals surface area contributed by atoms with Gasteiger partial charge in [0.2, 0.25) is 5.91 Å². The molecular formula is C21H21N3O2. The van der Waals surface area contributed by atoms with E-state index in [2.05, 4.69) is 10.4 Å². The Morgan fingerprint density at radius 1 is 1.04 bits per heavy atom. The zero-order chi connectivity index (χ0) is 18.4. The minimum absolute atomic E-state index is 0.0131. The Labute approximate surface area is 152 Å². The summed E-state index contributed by atoms with van der Waals surface area (Å²) in [4.78, 5) is 24.2. The molecule has 0 spiro atoms. The molecule has 0 saturated carbocycles. The second kappa shape index (κ2) is 8.25. The number of hydrogen-bond acceptors (Lipinski definition) is 3. The maximum absolute atomic E-state index is 12.1. The van der Waals surface area contributed by atoms with E-state index in [9.17, 15) is 9.59 Å². The summed E-state index contributed by atoms with van der Waals surface area (Å²) in [6.07, 6.45) is 3.99. The average molecular weight is 347 g/mol. The summed E-state index contributed by atoms with van der Waals surface area (Å²) in [5, 5.41) is 7.06. The van der Waals surface area contributed by atoms with E-state index in [1.807, 2.05) is 55.6 Å². The zero-order valence-electron chi connectivity index (χ0n) is 14.7. The normalized spacial score (nSPS) is 10.5. The highest BCUT2D eigenvalue weighted by Crippen LogP contribution is 2.10. The van der Waals surface area contributed by atoms with E-state index >= 15 is 0 Å². The third-order valence-electron chi connectivity index (χ3n) is 4.12. The Bertz CT molecular complexity index is 884. The first-order valence-corrected chi connectivity index (χ1v) is 8.57. The largest absolute Gasteiger partial charge is 0.352 e. The Kier molecular flexibility index (Phi) is 5.59. The van der Waals surface area contributed by atoms with E-state index in [1.54, 1.807) is 23.0 Å². The first kappa shape index (κ1) is 17.6. The topological polar surface area (TPSA) is 64.0 Å². The molecule has 0 atom stereocenters. The van der Waals surface area contributed by atoms with Crippen molar-refractivity contribution < 1.29 is 9.59 Å². The van der Waals surface area contributed by atoms with Gasteiger partial charge in [0.1, 0.15) is 0 Å². The molecule has 5 heteroatoms.